The fraction of sp³-hybridized carbons (Fsp3) is 0.261. The van der Waals surface area contributed by atoms with Crippen LogP contribution in [0.2, 0.25) is 0 Å². The summed E-state index contributed by atoms with van der Waals surface area (Å²) in [6.07, 6.45) is -1.65. The molecule has 1 heterocycles. The van der Waals surface area contributed by atoms with Crippen LogP contribution in [0.1, 0.15) is 30.3 Å². The third-order valence-electron chi connectivity index (χ3n) is 5.28. The summed E-state index contributed by atoms with van der Waals surface area (Å²) in [5, 5.41) is 25.9. The molecule has 33 heavy (non-hydrogen) atoms. The second kappa shape index (κ2) is 10.5. The predicted octanol–water partition coefficient (Wildman–Crippen LogP) is 3.78. The summed E-state index contributed by atoms with van der Waals surface area (Å²) in [5.41, 5.74) is 2.75. The van der Waals surface area contributed by atoms with E-state index in [9.17, 15) is 18.8 Å². The Bertz CT molecular complexity index is 1150. The lowest BCUT2D eigenvalue weighted by atomic mass is 10.0. The summed E-state index contributed by atoms with van der Waals surface area (Å²) in [6, 6.07) is 12.3. The number of amides is 3. The van der Waals surface area contributed by atoms with Crippen LogP contribution in [0.5, 0.6) is 0 Å². The number of rotatable bonds is 9. The third kappa shape index (κ3) is 6.45. The lowest BCUT2D eigenvalue weighted by molar-refractivity contribution is 0.0924. The predicted molar refractivity (Wildman–Crippen MR) is 121 cm³/mol. The van der Waals surface area contributed by atoms with Crippen LogP contribution < -0.4 is 16.0 Å². The van der Waals surface area contributed by atoms with Crippen molar-refractivity contribution in [2.24, 2.45) is 0 Å². The summed E-state index contributed by atoms with van der Waals surface area (Å²) < 4.78 is 13.2. The Hall–Kier alpha value is -4.08. The maximum absolute atomic E-state index is 13.2. The van der Waals surface area contributed by atoms with Crippen LogP contribution in [-0.2, 0) is 0 Å². The van der Waals surface area contributed by atoms with Gasteiger partial charge in [-0.25, -0.2) is 14.0 Å². The number of aromatic nitrogens is 1. The first-order chi connectivity index (χ1) is 15.7. The zero-order chi connectivity index (χ0) is 24.0. The highest BCUT2D eigenvalue weighted by Gasteiger charge is 2.22. The molecule has 0 saturated heterocycles. The van der Waals surface area contributed by atoms with Crippen molar-refractivity contribution < 1.29 is 29.0 Å². The number of benzene rings is 2. The minimum atomic E-state index is -1.23. The topological polar surface area (TPSA) is 144 Å². The number of carboxylic acid groups (broad SMARTS) is 2. The quantitative estimate of drug-likeness (QED) is 0.272. The number of nitrogens with one attached hydrogen (secondary N) is 4. The van der Waals surface area contributed by atoms with E-state index in [1.807, 2.05) is 18.2 Å². The molecule has 1 unspecified atom stereocenters. The van der Waals surface area contributed by atoms with Gasteiger partial charge in [0.2, 0.25) is 0 Å². The Labute approximate surface area is 189 Å². The largest absolute Gasteiger partial charge is 0.465 e. The number of carbonyl (C=O) groups is 3. The highest BCUT2D eigenvalue weighted by molar-refractivity contribution is 5.99. The normalized spacial score (nSPS) is 12.7. The van der Waals surface area contributed by atoms with E-state index in [-0.39, 0.29) is 12.4 Å². The lowest BCUT2D eigenvalue weighted by Crippen LogP contribution is -2.50. The number of carbonyl (C=O) groups excluding carboxylic acids is 1. The molecule has 0 radical (unpaired) electrons. The molecule has 0 aliphatic heterocycles. The molecule has 10 heteroatoms. The van der Waals surface area contributed by atoms with Gasteiger partial charge in [0.25, 0.3) is 5.91 Å². The molecule has 0 aliphatic rings. The van der Waals surface area contributed by atoms with Crippen LogP contribution in [-0.4, -0.2) is 51.9 Å². The van der Waals surface area contributed by atoms with E-state index in [4.69, 9.17) is 10.2 Å². The minimum absolute atomic E-state index is 0.173. The molecule has 3 amide bonds. The second-order valence-electron chi connectivity index (χ2n) is 7.68. The molecular weight excluding hydrogens is 431 g/mol. The van der Waals surface area contributed by atoms with Crippen LogP contribution in [0, 0.1) is 5.82 Å². The highest BCUT2D eigenvalue weighted by Crippen LogP contribution is 2.25. The van der Waals surface area contributed by atoms with E-state index in [0.29, 0.717) is 18.5 Å². The summed E-state index contributed by atoms with van der Waals surface area (Å²) in [6.45, 7) is 1.85. The molecule has 1 aromatic heterocycles. The smallest absolute Gasteiger partial charge is 0.404 e. The molecule has 2 aromatic carbocycles. The first kappa shape index (κ1) is 23.6. The number of hydrogen-bond donors (Lipinski definition) is 6. The van der Waals surface area contributed by atoms with Crippen molar-refractivity contribution in [3.63, 3.8) is 0 Å². The van der Waals surface area contributed by atoms with E-state index in [0.717, 1.165) is 22.0 Å². The van der Waals surface area contributed by atoms with Crippen molar-refractivity contribution in [3.8, 4) is 11.1 Å². The van der Waals surface area contributed by atoms with Crippen LogP contribution in [0.15, 0.2) is 48.5 Å². The zero-order valence-corrected chi connectivity index (χ0v) is 17.9. The van der Waals surface area contributed by atoms with Gasteiger partial charge in [-0.15, -0.1) is 0 Å². The molecule has 0 bridgehead atoms. The van der Waals surface area contributed by atoms with Crippen LogP contribution >= 0.6 is 0 Å². The number of aromatic amines is 1. The molecule has 0 fully saturated rings. The summed E-state index contributed by atoms with van der Waals surface area (Å²) >= 11 is 0. The van der Waals surface area contributed by atoms with Gasteiger partial charge in [-0.3, -0.25) is 4.79 Å². The van der Waals surface area contributed by atoms with Gasteiger partial charge in [0, 0.05) is 23.5 Å². The molecule has 174 valence electrons. The lowest BCUT2D eigenvalue weighted by Gasteiger charge is -2.24. The molecule has 2 atom stereocenters. The number of fused-ring (bicyclic) bond motifs is 1. The molecular formula is C23H25FN4O5. The highest BCUT2D eigenvalue weighted by atomic mass is 19.1. The Kier molecular flexibility index (Phi) is 7.50. The van der Waals surface area contributed by atoms with Gasteiger partial charge in [-0.05, 0) is 55.2 Å². The van der Waals surface area contributed by atoms with Gasteiger partial charge in [-0.1, -0.05) is 24.3 Å². The Morgan fingerprint density at radius 2 is 1.67 bits per heavy atom. The van der Waals surface area contributed by atoms with Gasteiger partial charge in [0.05, 0.1) is 6.04 Å². The Morgan fingerprint density at radius 3 is 2.33 bits per heavy atom. The van der Waals surface area contributed by atoms with Crippen LogP contribution in [0.25, 0.3) is 22.0 Å². The number of hydrogen-bond acceptors (Lipinski definition) is 3. The van der Waals surface area contributed by atoms with E-state index in [1.165, 1.54) is 12.1 Å². The van der Waals surface area contributed by atoms with E-state index in [1.54, 1.807) is 25.1 Å². The molecule has 0 spiro atoms. The molecule has 0 saturated carbocycles. The van der Waals surface area contributed by atoms with E-state index < -0.39 is 30.2 Å². The van der Waals surface area contributed by atoms with Crippen molar-refractivity contribution >= 4 is 29.0 Å². The summed E-state index contributed by atoms with van der Waals surface area (Å²) in [5.74, 6) is -0.718. The maximum atomic E-state index is 13.2. The average Bonchev–Trinajstić information content (AvgIpc) is 3.19. The first-order valence-corrected chi connectivity index (χ1v) is 10.4. The Balaban J connectivity index is 1.69. The van der Waals surface area contributed by atoms with E-state index in [2.05, 4.69) is 20.9 Å². The maximum Gasteiger partial charge on any atom is 0.404 e. The number of halogens is 1. The second-order valence-corrected chi connectivity index (χ2v) is 7.68. The van der Waals surface area contributed by atoms with Gasteiger partial charge in [-0.2, -0.15) is 0 Å². The van der Waals surface area contributed by atoms with E-state index >= 15 is 0 Å². The minimum Gasteiger partial charge on any atom is -0.465 e. The van der Waals surface area contributed by atoms with Crippen LogP contribution in [0.3, 0.4) is 0 Å². The van der Waals surface area contributed by atoms with Crippen LogP contribution in [0.4, 0.5) is 14.0 Å². The molecule has 6 N–H and O–H groups in total. The van der Waals surface area contributed by atoms with Crippen molar-refractivity contribution in [3.05, 3.63) is 60.0 Å². The van der Waals surface area contributed by atoms with Crippen molar-refractivity contribution in [2.75, 3.05) is 6.54 Å². The van der Waals surface area contributed by atoms with Crippen molar-refractivity contribution in [1.82, 2.24) is 20.9 Å². The average molecular weight is 456 g/mol. The van der Waals surface area contributed by atoms with Gasteiger partial charge in [0.15, 0.2) is 0 Å². The van der Waals surface area contributed by atoms with Crippen molar-refractivity contribution in [2.45, 2.75) is 31.8 Å². The number of H-pyrrole nitrogens is 1. The summed E-state index contributed by atoms with van der Waals surface area (Å²) in [7, 11) is 0. The Morgan fingerprint density at radius 1 is 0.970 bits per heavy atom. The third-order valence-corrected chi connectivity index (χ3v) is 5.28. The van der Waals surface area contributed by atoms with Gasteiger partial charge < -0.3 is 31.1 Å². The molecule has 0 aliphatic carbocycles. The van der Waals surface area contributed by atoms with Gasteiger partial charge in [0.1, 0.15) is 11.5 Å². The molecule has 3 rings (SSSR count). The fourth-order valence-electron chi connectivity index (χ4n) is 3.58. The SMILES string of the molecule is CC(NC(=O)c1cc2ccc(-c3ccc(F)cc3)cc2[nH]1)[C@H](CCCNC(=O)O)NC(=O)O. The molecule has 9 nitrogen and oxygen atoms in total. The summed E-state index contributed by atoms with van der Waals surface area (Å²) in [4.78, 5) is 37.5. The first-order valence-electron chi connectivity index (χ1n) is 10.4. The molecule has 3 aromatic rings. The standard InChI is InChI=1S/C23H25FN4O5/c1-13(18(28-23(32)33)3-2-10-25-22(30)31)26-21(29)20-12-16-5-4-15(11-19(16)27-20)14-6-8-17(24)9-7-14/h4-9,11-13,18,25,27-28H,2-3,10H2,1H3,(H,26,29)(H,30,31)(H,32,33)/t13?,18-/m0/s1. The fourth-order valence-corrected chi connectivity index (χ4v) is 3.58. The van der Waals surface area contributed by atoms with Crippen molar-refractivity contribution in [1.29, 1.82) is 0 Å². The monoisotopic (exact) mass is 456 g/mol. The van der Waals surface area contributed by atoms with Gasteiger partial charge >= 0.3 is 12.2 Å². The zero-order valence-electron chi connectivity index (χ0n) is 17.9.